The molecule has 30 heavy (non-hydrogen) atoms. The molecular formula is C23H26BrFN2O3. The van der Waals surface area contributed by atoms with Crippen molar-refractivity contribution in [3.05, 3.63) is 69.9 Å². The summed E-state index contributed by atoms with van der Waals surface area (Å²) >= 11 is 3.42. The van der Waals surface area contributed by atoms with Crippen molar-refractivity contribution in [3.8, 4) is 0 Å². The van der Waals surface area contributed by atoms with Gasteiger partial charge < -0.3 is 15.4 Å². The van der Waals surface area contributed by atoms with Crippen molar-refractivity contribution < 1.29 is 18.7 Å². The molecule has 7 heteroatoms. The number of nitrogens with zero attached hydrogens (tertiary/aromatic N) is 1. The highest BCUT2D eigenvalue weighted by Crippen LogP contribution is 2.44. The number of nitrogens with two attached hydrogens (primary N) is 1. The number of halogens is 2. The molecule has 1 heterocycles. The molecule has 0 aromatic heterocycles. The Labute approximate surface area is 184 Å². The summed E-state index contributed by atoms with van der Waals surface area (Å²) in [5, 5.41) is 0. The number of carbonyl (C=O) groups is 2. The molecule has 160 valence electrons. The Balaban J connectivity index is 1.91. The Hall–Kier alpha value is -2.41. The van der Waals surface area contributed by atoms with Crippen LogP contribution in [-0.4, -0.2) is 23.4 Å². The van der Waals surface area contributed by atoms with E-state index in [0.717, 1.165) is 10.0 Å². The van der Waals surface area contributed by atoms with Gasteiger partial charge in [-0.3, -0.25) is 4.79 Å². The summed E-state index contributed by atoms with van der Waals surface area (Å²) in [5.41, 5.74) is 5.27. The van der Waals surface area contributed by atoms with Crippen LogP contribution < -0.4 is 5.73 Å². The molecule has 1 saturated heterocycles. The topological polar surface area (TPSA) is 72.6 Å². The molecule has 3 rings (SSSR count). The maximum Gasteiger partial charge on any atom is 0.411 e. The van der Waals surface area contributed by atoms with E-state index in [1.807, 2.05) is 31.2 Å². The minimum absolute atomic E-state index is 0.180. The largest absolute Gasteiger partial charge is 0.438 e. The summed E-state index contributed by atoms with van der Waals surface area (Å²) in [6.45, 7) is 5.83. The molecule has 0 bridgehead atoms. The first-order valence-electron chi connectivity index (χ1n) is 9.85. The van der Waals surface area contributed by atoms with E-state index in [0.29, 0.717) is 18.5 Å². The molecule has 0 radical (unpaired) electrons. The number of primary amides is 1. The van der Waals surface area contributed by atoms with E-state index in [4.69, 9.17) is 10.5 Å². The number of hydrogen-bond acceptors (Lipinski definition) is 3. The molecule has 2 aromatic rings. The van der Waals surface area contributed by atoms with E-state index in [1.165, 1.54) is 12.1 Å². The Kier molecular flexibility index (Phi) is 6.22. The highest BCUT2D eigenvalue weighted by atomic mass is 79.9. The second kappa shape index (κ2) is 8.38. The minimum Gasteiger partial charge on any atom is -0.438 e. The lowest BCUT2D eigenvalue weighted by molar-refractivity contribution is -0.133. The van der Waals surface area contributed by atoms with Gasteiger partial charge >= 0.3 is 6.09 Å². The van der Waals surface area contributed by atoms with Gasteiger partial charge in [0, 0.05) is 29.3 Å². The summed E-state index contributed by atoms with van der Waals surface area (Å²) in [6, 6.07) is 13.5. The van der Waals surface area contributed by atoms with Crippen molar-refractivity contribution in [2.75, 3.05) is 6.54 Å². The third kappa shape index (κ3) is 4.51. The van der Waals surface area contributed by atoms with Gasteiger partial charge in [0.1, 0.15) is 11.4 Å². The smallest absolute Gasteiger partial charge is 0.411 e. The van der Waals surface area contributed by atoms with E-state index in [9.17, 15) is 14.0 Å². The molecule has 2 aromatic carbocycles. The van der Waals surface area contributed by atoms with E-state index in [2.05, 4.69) is 15.9 Å². The number of benzene rings is 2. The third-order valence-corrected chi connectivity index (χ3v) is 6.39. The van der Waals surface area contributed by atoms with Gasteiger partial charge in [0.25, 0.3) is 0 Å². The summed E-state index contributed by atoms with van der Waals surface area (Å²) < 4.78 is 20.5. The molecule has 2 N–H and O–H groups in total. The fraction of sp³-hybridized carbons (Fsp3) is 0.391. The van der Waals surface area contributed by atoms with Crippen molar-refractivity contribution in [1.82, 2.24) is 4.90 Å². The minimum atomic E-state index is -1.06. The van der Waals surface area contributed by atoms with Crippen molar-refractivity contribution in [3.63, 3.8) is 0 Å². The monoisotopic (exact) mass is 476 g/mol. The molecule has 1 unspecified atom stereocenters. The number of hydrogen-bond donors (Lipinski definition) is 1. The SMILES string of the molecule is C[C@@H](c1ccc(Br)cc1)N1CCC(CC(C)(C)C(N)=O)(c2ccc(F)cc2)OC1=O. The zero-order valence-electron chi connectivity index (χ0n) is 17.3. The predicted octanol–water partition coefficient (Wildman–Crippen LogP) is 5.29. The molecule has 2 amide bonds. The second-order valence-electron chi connectivity index (χ2n) is 8.46. The highest BCUT2D eigenvalue weighted by Gasteiger charge is 2.48. The summed E-state index contributed by atoms with van der Waals surface area (Å²) in [4.78, 5) is 26.8. The van der Waals surface area contributed by atoms with Crippen LogP contribution in [0.25, 0.3) is 0 Å². The van der Waals surface area contributed by atoms with Crippen LogP contribution in [0.4, 0.5) is 9.18 Å². The van der Waals surface area contributed by atoms with Gasteiger partial charge in [-0.15, -0.1) is 0 Å². The lowest BCUT2D eigenvalue weighted by atomic mass is 9.74. The Bertz CT molecular complexity index is 930. The first kappa shape index (κ1) is 22.3. The Morgan fingerprint density at radius 3 is 2.37 bits per heavy atom. The van der Waals surface area contributed by atoms with E-state index >= 15 is 0 Å². The van der Waals surface area contributed by atoms with Crippen LogP contribution in [0, 0.1) is 11.2 Å². The van der Waals surface area contributed by atoms with Gasteiger partial charge in [-0.05, 0) is 42.3 Å². The van der Waals surface area contributed by atoms with Crippen LogP contribution in [0.3, 0.4) is 0 Å². The predicted molar refractivity (Wildman–Crippen MR) is 116 cm³/mol. The third-order valence-electron chi connectivity index (χ3n) is 5.86. The van der Waals surface area contributed by atoms with E-state index < -0.39 is 23.0 Å². The molecule has 1 aliphatic rings. The Morgan fingerprint density at radius 2 is 1.83 bits per heavy atom. The number of ether oxygens (including phenoxy) is 1. The van der Waals surface area contributed by atoms with Crippen molar-refractivity contribution >= 4 is 27.9 Å². The summed E-state index contributed by atoms with van der Waals surface area (Å²) in [6.07, 6.45) is 0.205. The van der Waals surface area contributed by atoms with Gasteiger partial charge in [-0.25, -0.2) is 9.18 Å². The normalized spacial score (nSPS) is 20.6. The van der Waals surface area contributed by atoms with Crippen LogP contribution in [0.5, 0.6) is 0 Å². The van der Waals surface area contributed by atoms with Crippen LogP contribution in [0.2, 0.25) is 0 Å². The van der Waals surface area contributed by atoms with Crippen LogP contribution in [0.1, 0.15) is 50.8 Å². The fourth-order valence-corrected chi connectivity index (χ4v) is 4.19. The lowest BCUT2D eigenvalue weighted by Gasteiger charge is -2.46. The first-order valence-corrected chi connectivity index (χ1v) is 10.6. The standard InChI is InChI=1S/C23H26BrFN2O3/c1-15(16-4-8-18(24)9-5-16)27-13-12-23(30-21(27)29,14-22(2,3)20(26)28)17-6-10-19(25)11-7-17/h4-11,15H,12-14H2,1-3H3,(H2,26,28)/t15-,23?/m0/s1. The van der Waals surface area contributed by atoms with E-state index in [-0.39, 0.29) is 18.3 Å². The molecule has 0 saturated carbocycles. The molecule has 2 atom stereocenters. The van der Waals surface area contributed by atoms with Crippen LogP contribution >= 0.6 is 15.9 Å². The quantitative estimate of drug-likeness (QED) is 0.615. The van der Waals surface area contributed by atoms with Gasteiger partial charge in [0.15, 0.2) is 0 Å². The maximum atomic E-state index is 13.5. The fourth-order valence-electron chi connectivity index (χ4n) is 3.93. The summed E-state index contributed by atoms with van der Waals surface area (Å²) in [7, 11) is 0. The van der Waals surface area contributed by atoms with Gasteiger partial charge in [-0.2, -0.15) is 0 Å². The van der Waals surface area contributed by atoms with Gasteiger partial charge in [0.2, 0.25) is 5.91 Å². The number of carbonyl (C=O) groups excluding carboxylic acids is 2. The van der Waals surface area contributed by atoms with Crippen molar-refractivity contribution in [1.29, 1.82) is 0 Å². The molecular weight excluding hydrogens is 451 g/mol. The zero-order valence-corrected chi connectivity index (χ0v) is 18.9. The second-order valence-corrected chi connectivity index (χ2v) is 9.38. The van der Waals surface area contributed by atoms with E-state index in [1.54, 1.807) is 30.9 Å². The average Bonchev–Trinajstić information content (AvgIpc) is 2.68. The van der Waals surface area contributed by atoms with Crippen molar-refractivity contribution in [2.24, 2.45) is 11.1 Å². The van der Waals surface area contributed by atoms with Crippen LogP contribution in [-0.2, 0) is 15.1 Å². The van der Waals surface area contributed by atoms with Gasteiger partial charge in [0.05, 0.1) is 6.04 Å². The zero-order chi connectivity index (χ0) is 22.1. The Morgan fingerprint density at radius 1 is 1.23 bits per heavy atom. The van der Waals surface area contributed by atoms with Gasteiger partial charge in [-0.1, -0.05) is 54.0 Å². The highest BCUT2D eigenvalue weighted by molar-refractivity contribution is 9.10. The molecule has 0 aliphatic carbocycles. The number of cyclic esters (lactones) is 1. The molecule has 1 fully saturated rings. The lowest BCUT2D eigenvalue weighted by Crippen LogP contribution is -2.51. The molecule has 5 nitrogen and oxygen atoms in total. The number of rotatable bonds is 6. The van der Waals surface area contributed by atoms with Crippen LogP contribution in [0.15, 0.2) is 53.0 Å². The number of amides is 2. The average molecular weight is 477 g/mol. The first-order chi connectivity index (χ1) is 14.0. The maximum absolute atomic E-state index is 13.5. The molecule has 0 spiro atoms. The van der Waals surface area contributed by atoms with Crippen molar-refractivity contribution in [2.45, 2.75) is 45.3 Å². The summed E-state index contributed by atoms with van der Waals surface area (Å²) in [5.74, 6) is -0.860. The molecule has 1 aliphatic heterocycles.